The summed E-state index contributed by atoms with van der Waals surface area (Å²) in [5.74, 6) is 0. The largest absolute Gasteiger partial charge is 0.324 e. The van der Waals surface area contributed by atoms with Crippen LogP contribution in [0.1, 0.15) is 38.5 Å². The molecule has 0 saturated heterocycles. The number of allylic oxidation sites excluding steroid dienone is 1. The first kappa shape index (κ1) is 8.27. The molecule has 0 radical (unpaired) electrons. The zero-order chi connectivity index (χ0) is 8.55. The molecule has 2 unspecified atom stereocenters. The third-order valence-corrected chi connectivity index (χ3v) is 3.19. The van der Waals surface area contributed by atoms with Gasteiger partial charge in [-0.2, -0.15) is 0 Å². The molecule has 0 aromatic carbocycles. The second-order valence-electron chi connectivity index (χ2n) is 4.06. The number of hydrogen-bond acceptors (Lipinski definition) is 2. The molecule has 2 atom stereocenters. The Kier molecular flexibility index (Phi) is 2.20. The molecule has 0 aliphatic heterocycles. The molecule has 0 fully saturated rings. The zero-order valence-corrected chi connectivity index (χ0v) is 7.55. The Morgan fingerprint density at radius 2 is 1.42 bits per heavy atom. The first-order valence-corrected chi connectivity index (χ1v) is 5.02. The maximum atomic E-state index is 6.04. The molecule has 0 heterocycles. The zero-order valence-electron chi connectivity index (χ0n) is 7.55. The smallest absolute Gasteiger partial charge is 0.0271 e. The van der Waals surface area contributed by atoms with E-state index in [1.54, 1.807) is 5.57 Å². The van der Waals surface area contributed by atoms with Crippen molar-refractivity contribution in [3.63, 3.8) is 0 Å². The molecule has 2 aliphatic carbocycles. The molecule has 0 spiro atoms. The molecule has 2 aliphatic rings. The van der Waals surface area contributed by atoms with E-state index in [0.29, 0.717) is 0 Å². The average molecular weight is 166 g/mol. The molecule has 68 valence electrons. The quantitative estimate of drug-likeness (QED) is 0.533. The van der Waals surface area contributed by atoms with Gasteiger partial charge in [0.1, 0.15) is 0 Å². The third kappa shape index (κ3) is 1.29. The van der Waals surface area contributed by atoms with Gasteiger partial charge in [-0.05, 0) is 44.1 Å². The van der Waals surface area contributed by atoms with Gasteiger partial charge in [-0.25, -0.2) is 0 Å². The van der Waals surface area contributed by atoms with Crippen LogP contribution >= 0.6 is 0 Å². The normalized spacial score (nSPS) is 36.5. The highest BCUT2D eigenvalue weighted by Gasteiger charge is 2.27. The number of rotatable bonds is 0. The molecular formula is C10H18N2. The van der Waals surface area contributed by atoms with E-state index >= 15 is 0 Å². The van der Waals surface area contributed by atoms with Gasteiger partial charge in [-0.15, -0.1) is 0 Å². The summed E-state index contributed by atoms with van der Waals surface area (Å²) < 4.78 is 0. The first-order chi connectivity index (χ1) is 5.79. The minimum absolute atomic E-state index is 0.282. The number of hydrogen-bond donors (Lipinski definition) is 2. The summed E-state index contributed by atoms with van der Waals surface area (Å²) in [6.07, 6.45) is 7.35. The van der Waals surface area contributed by atoms with E-state index in [2.05, 4.69) is 0 Å². The van der Waals surface area contributed by atoms with Crippen LogP contribution in [0.25, 0.3) is 0 Å². The lowest BCUT2D eigenvalue weighted by Crippen LogP contribution is -2.39. The maximum absolute atomic E-state index is 6.04. The summed E-state index contributed by atoms with van der Waals surface area (Å²) in [6, 6.07) is 0.563. The molecule has 2 rings (SSSR count). The molecule has 0 saturated carbocycles. The lowest BCUT2D eigenvalue weighted by molar-refractivity contribution is 0.478. The standard InChI is InChI=1S/C10H18N2/c11-8-5-1-3-7-4-2-6-9(12)10(7)8/h8-9H,1-6,11-12H2. The van der Waals surface area contributed by atoms with E-state index in [1.807, 2.05) is 0 Å². The Hall–Kier alpha value is -0.340. The topological polar surface area (TPSA) is 52.0 Å². The Labute approximate surface area is 74.0 Å². The Bertz CT molecular complexity index is 188. The molecule has 4 N–H and O–H groups in total. The van der Waals surface area contributed by atoms with Gasteiger partial charge < -0.3 is 11.5 Å². The lowest BCUT2D eigenvalue weighted by atomic mass is 9.77. The van der Waals surface area contributed by atoms with Crippen molar-refractivity contribution in [1.29, 1.82) is 0 Å². The summed E-state index contributed by atoms with van der Waals surface area (Å²) in [5.41, 5.74) is 15.1. The van der Waals surface area contributed by atoms with Crippen LogP contribution < -0.4 is 11.5 Å². The third-order valence-electron chi connectivity index (χ3n) is 3.19. The molecule has 0 aromatic rings. The van der Waals surface area contributed by atoms with Crippen molar-refractivity contribution >= 4 is 0 Å². The predicted molar refractivity (Wildman–Crippen MR) is 50.7 cm³/mol. The summed E-state index contributed by atoms with van der Waals surface area (Å²) >= 11 is 0. The Morgan fingerprint density at radius 1 is 0.917 bits per heavy atom. The molecule has 2 nitrogen and oxygen atoms in total. The van der Waals surface area contributed by atoms with Crippen molar-refractivity contribution < 1.29 is 0 Å². The highest BCUT2D eigenvalue weighted by Crippen LogP contribution is 2.34. The van der Waals surface area contributed by atoms with Crippen LogP contribution in [0.3, 0.4) is 0 Å². The second-order valence-corrected chi connectivity index (χ2v) is 4.06. The van der Waals surface area contributed by atoms with Crippen LogP contribution in [-0.4, -0.2) is 12.1 Å². The molecule has 0 bridgehead atoms. The van der Waals surface area contributed by atoms with Crippen molar-refractivity contribution in [1.82, 2.24) is 0 Å². The van der Waals surface area contributed by atoms with Crippen LogP contribution in [0, 0.1) is 0 Å². The van der Waals surface area contributed by atoms with Gasteiger partial charge in [0, 0.05) is 12.1 Å². The minimum Gasteiger partial charge on any atom is -0.324 e. The van der Waals surface area contributed by atoms with Gasteiger partial charge >= 0.3 is 0 Å². The van der Waals surface area contributed by atoms with E-state index in [4.69, 9.17) is 11.5 Å². The minimum atomic E-state index is 0.282. The monoisotopic (exact) mass is 166 g/mol. The molecule has 2 heteroatoms. The van der Waals surface area contributed by atoms with Crippen molar-refractivity contribution in [3.8, 4) is 0 Å². The van der Waals surface area contributed by atoms with Crippen molar-refractivity contribution in [3.05, 3.63) is 11.1 Å². The van der Waals surface area contributed by atoms with Gasteiger partial charge in [0.25, 0.3) is 0 Å². The van der Waals surface area contributed by atoms with Gasteiger partial charge in [0.15, 0.2) is 0 Å². The van der Waals surface area contributed by atoms with Crippen LogP contribution in [0.4, 0.5) is 0 Å². The average Bonchev–Trinajstić information content (AvgIpc) is 2.04. The van der Waals surface area contributed by atoms with Gasteiger partial charge in [0.2, 0.25) is 0 Å². The highest BCUT2D eigenvalue weighted by molar-refractivity contribution is 5.29. The SMILES string of the molecule is NC1CCCC2=C1C(N)CCC2. The lowest BCUT2D eigenvalue weighted by Gasteiger charge is -2.33. The van der Waals surface area contributed by atoms with E-state index in [0.717, 1.165) is 12.8 Å². The van der Waals surface area contributed by atoms with Crippen LogP contribution in [0.2, 0.25) is 0 Å². The maximum Gasteiger partial charge on any atom is 0.0271 e. The fraction of sp³-hybridized carbons (Fsp3) is 0.800. The van der Waals surface area contributed by atoms with Crippen LogP contribution in [0.5, 0.6) is 0 Å². The first-order valence-electron chi connectivity index (χ1n) is 5.02. The fourth-order valence-corrected chi connectivity index (χ4v) is 2.59. The van der Waals surface area contributed by atoms with Crippen LogP contribution in [-0.2, 0) is 0 Å². The van der Waals surface area contributed by atoms with Crippen molar-refractivity contribution in [2.75, 3.05) is 0 Å². The molecular weight excluding hydrogens is 148 g/mol. The molecule has 0 amide bonds. The van der Waals surface area contributed by atoms with E-state index in [-0.39, 0.29) is 12.1 Å². The van der Waals surface area contributed by atoms with E-state index in [1.165, 1.54) is 31.3 Å². The summed E-state index contributed by atoms with van der Waals surface area (Å²) in [6.45, 7) is 0. The second kappa shape index (κ2) is 3.19. The molecule has 0 aromatic heterocycles. The Balaban J connectivity index is 2.27. The fourth-order valence-electron chi connectivity index (χ4n) is 2.59. The summed E-state index contributed by atoms with van der Waals surface area (Å²) in [5, 5.41) is 0. The predicted octanol–water partition coefficient (Wildman–Crippen LogP) is 1.31. The molecule has 12 heavy (non-hydrogen) atoms. The van der Waals surface area contributed by atoms with Gasteiger partial charge in [-0.1, -0.05) is 5.57 Å². The summed E-state index contributed by atoms with van der Waals surface area (Å²) in [7, 11) is 0. The van der Waals surface area contributed by atoms with Crippen molar-refractivity contribution in [2.45, 2.75) is 50.6 Å². The van der Waals surface area contributed by atoms with Gasteiger partial charge in [-0.3, -0.25) is 0 Å². The van der Waals surface area contributed by atoms with Crippen molar-refractivity contribution in [2.24, 2.45) is 11.5 Å². The highest BCUT2D eigenvalue weighted by atomic mass is 14.7. The summed E-state index contributed by atoms with van der Waals surface area (Å²) in [4.78, 5) is 0. The van der Waals surface area contributed by atoms with Gasteiger partial charge in [0.05, 0.1) is 0 Å². The van der Waals surface area contributed by atoms with E-state index in [9.17, 15) is 0 Å². The van der Waals surface area contributed by atoms with E-state index < -0.39 is 0 Å². The van der Waals surface area contributed by atoms with Crippen LogP contribution in [0.15, 0.2) is 11.1 Å². The Morgan fingerprint density at radius 3 is 1.83 bits per heavy atom. The number of nitrogens with two attached hydrogens (primary N) is 2.